The number of nitrogens with zero attached hydrogens (tertiary/aromatic N) is 4. The molecule has 0 radical (unpaired) electrons. The number of ether oxygens (including phenoxy) is 3. The Morgan fingerprint density at radius 2 is 1.70 bits per heavy atom. The van der Waals surface area contributed by atoms with Crippen molar-refractivity contribution in [2.24, 2.45) is 0 Å². The van der Waals surface area contributed by atoms with Gasteiger partial charge in [0.1, 0.15) is 0 Å². The lowest BCUT2D eigenvalue weighted by atomic mass is 10.2. The molecule has 8 nitrogen and oxygen atoms in total. The van der Waals surface area contributed by atoms with E-state index in [-0.39, 0.29) is 0 Å². The fourth-order valence-corrected chi connectivity index (χ4v) is 3.62. The van der Waals surface area contributed by atoms with E-state index in [1.54, 1.807) is 39.7 Å². The summed E-state index contributed by atoms with van der Waals surface area (Å²) in [5, 5.41) is 13.0. The maximum atomic E-state index is 5.82. The summed E-state index contributed by atoms with van der Waals surface area (Å²) in [6.07, 6.45) is 3.66. The fourth-order valence-electron chi connectivity index (χ4n) is 2.90. The van der Waals surface area contributed by atoms with Gasteiger partial charge in [-0.1, -0.05) is 23.9 Å². The molecule has 0 saturated heterocycles. The van der Waals surface area contributed by atoms with Crippen LogP contribution in [-0.2, 0) is 5.75 Å². The Labute approximate surface area is 177 Å². The van der Waals surface area contributed by atoms with Crippen molar-refractivity contribution in [2.45, 2.75) is 11.0 Å². The average Bonchev–Trinajstić information content (AvgIpc) is 3.49. The standard InChI is InChI=1S/C21H20N4O4S/c1-26-17-11-15(12-18(27-2)19(17)28-3)20-23-24-21(29-20)30-13-14-5-7-16(8-6-14)25-10-4-9-22-25/h4-12H,13H2,1-3H3. The molecule has 0 unspecified atom stereocenters. The molecule has 4 rings (SSSR count). The fraction of sp³-hybridized carbons (Fsp3) is 0.190. The maximum Gasteiger partial charge on any atom is 0.277 e. The van der Waals surface area contributed by atoms with Crippen molar-refractivity contribution in [3.63, 3.8) is 0 Å². The molecule has 2 heterocycles. The van der Waals surface area contributed by atoms with Gasteiger partial charge in [0.25, 0.3) is 5.22 Å². The second kappa shape index (κ2) is 8.91. The SMILES string of the molecule is COc1cc(-c2nnc(SCc3ccc(-n4cccn4)cc3)o2)cc(OC)c1OC. The van der Waals surface area contributed by atoms with Crippen LogP contribution < -0.4 is 14.2 Å². The predicted molar refractivity (Wildman–Crippen MR) is 113 cm³/mol. The summed E-state index contributed by atoms with van der Waals surface area (Å²) in [4.78, 5) is 0. The molecule has 0 atom stereocenters. The molecule has 0 fully saturated rings. The van der Waals surface area contributed by atoms with Gasteiger partial charge in [-0.2, -0.15) is 5.10 Å². The zero-order valence-electron chi connectivity index (χ0n) is 16.7. The molecule has 0 aliphatic rings. The first kappa shape index (κ1) is 19.8. The highest BCUT2D eigenvalue weighted by Gasteiger charge is 2.17. The largest absolute Gasteiger partial charge is 0.493 e. The molecule has 0 aliphatic heterocycles. The van der Waals surface area contributed by atoms with E-state index in [0.717, 1.165) is 11.3 Å². The van der Waals surface area contributed by atoms with Gasteiger partial charge in [-0.25, -0.2) is 4.68 Å². The van der Waals surface area contributed by atoms with E-state index < -0.39 is 0 Å². The van der Waals surface area contributed by atoms with Crippen molar-refractivity contribution in [1.29, 1.82) is 0 Å². The van der Waals surface area contributed by atoms with Crippen molar-refractivity contribution >= 4 is 11.8 Å². The van der Waals surface area contributed by atoms with Gasteiger partial charge in [0.2, 0.25) is 11.6 Å². The van der Waals surface area contributed by atoms with Crippen LogP contribution in [0.15, 0.2) is 64.5 Å². The minimum absolute atomic E-state index is 0.380. The molecular weight excluding hydrogens is 404 g/mol. The molecular formula is C21H20N4O4S. The van der Waals surface area contributed by atoms with Gasteiger partial charge in [-0.15, -0.1) is 10.2 Å². The minimum atomic E-state index is 0.380. The Hall–Kier alpha value is -3.46. The quantitative estimate of drug-likeness (QED) is 0.388. The molecule has 2 aromatic heterocycles. The lowest BCUT2D eigenvalue weighted by Crippen LogP contribution is -1.95. The maximum absolute atomic E-state index is 5.82. The van der Waals surface area contributed by atoms with Gasteiger partial charge in [0, 0.05) is 23.7 Å². The van der Waals surface area contributed by atoms with E-state index in [2.05, 4.69) is 27.4 Å². The second-order valence-corrected chi connectivity index (χ2v) is 7.12. The molecule has 2 aromatic carbocycles. The van der Waals surface area contributed by atoms with Crippen LogP contribution in [-0.4, -0.2) is 41.3 Å². The average molecular weight is 424 g/mol. The zero-order valence-corrected chi connectivity index (χ0v) is 17.5. The Balaban J connectivity index is 1.47. The number of hydrogen-bond acceptors (Lipinski definition) is 8. The summed E-state index contributed by atoms with van der Waals surface area (Å²) in [5.74, 6) is 2.64. The van der Waals surface area contributed by atoms with Gasteiger partial charge in [0.15, 0.2) is 11.5 Å². The minimum Gasteiger partial charge on any atom is -0.493 e. The number of hydrogen-bond donors (Lipinski definition) is 0. The van der Waals surface area contributed by atoms with Crippen LogP contribution in [0.4, 0.5) is 0 Å². The van der Waals surface area contributed by atoms with Crippen LogP contribution in [0, 0.1) is 0 Å². The van der Waals surface area contributed by atoms with Crippen molar-refractivity contribution in [1.82, 2.24) is 20.0 Å². The van der Waals surface area contributed by atoms with Crippen LogP contribution in [0.1, 0.15) is 5.56 Å². The molecule has 0 bridgehead atoms. The van der Waals surface area contributed by atoms with Crippen molar-refractivity contribution < 1.29 is 18.6 Å². The lowest BCUT2D eigenvalue weighted by molar-refractivity contribution is 0.324. The Kier molecular flexibility index (Phi) is 5.89. The molecule has 4 aromatic rings. The number of aromatic nitrogens is 4. The van der Waals surface area contributed by atoms with E-state index in [1.807, 2.05) is 29.1 Å². The Morgan fingerprint density at radius 3 is 2.30 bits per heavy atom. The van der Waals surface area contributed by atoms with Crippen molar-refractivity contribution in [3.8, 4) is 34.4 Å². The van der Waals surface area contributed by atoms with Gasteiger partial charge in [-0.3, -0.25) is 0 Å². The first-order chi connectivity index (χ1) is 14.7. The molecule has 0 spiro atoms. The van der Waals surface area contributed by atoms with E-state index in [9.17, 15) is 0 Å². The third-order valence-corrected chi connectivity index (χ3v) is 5.28. The molecule has 0 N–H and O–H groups in total. The van der Waals surface area contributed by atoms with Crippen molar-refractivity contribution in [3.05, 3.63) is 60.4 Å². The van der Waals surface area contributed by atoms with Gasteiger partial charge < -0.3 is 18.6 Å². The Bertz CT molecular complexity index is 1090. The highest BCUT2D eigenvalue weighted by atomic mass is 32.2. The Morgan fingerprint density at radius 1 is 0.967 bits per heavy atom. The number of methoxy groups -OCH3 is 3. The summed E-state index contributed by atoms with van der Waals surface area (Å²) in [5.41, 5.74) is 2.84. The monoisotopic (exact) mass is 424 g/mol. The topological polar surface area (TPSA) is 84.4 Å². The first-order valence-corrected chi connectivity index (χ1v) is 10.1. The van der Waals surface area contributed by atoms with E-state index in [4.69, 9.17) is 18.6 Å². The summed E-state index contributed by atoms with van der Waals surface area (Å²) >= 11 is 1.47. The third-order valence-electron chi connectivity index (χ3n) is 4.39. The van der Waals surface area contributed by atoms with E-state index >= 15 is 0 Å². The highest BCUT2D eigenvalue weighted by molar-refractivity contribution is 7.98. The number of rotatable bonds is 8. The molecule has 9 heteroatoms. The zero-order chi connectivity index (χ0) is 20.9. The van der Waals surface area contributed by atoms with E-state index in [0.29, 0.717) is 39.7 Å². The van der Waals surface area contributed by atoms with Crippen molar-refractivity contribution in [2.75, 3.05) is 21.3 Å². The molecule has 0 amide bonds. The first-order valence-electron chi connectivity index (χ1n) is 9.07. The summed E-state index contributed by atoms with van der Waals surface area (Å²) in [6, 6.07) is 13.6. The van der Waals surface area contributed by atoms with Gasteiger partial charge in [0.05, 0.1) is 27.0 Å². The van der Waals surface area contributed by atoms with Gasteiger partial charge >= 0.3 is 0 Å². The number of benzene rings is 2. The smallest absolute Gasteiger partial charge is 0.277 e. The van der Waals surface area contributed by atoms with E-state index in [1.165, 1.54) is 11.8 Å². The summed E-state index contributed by atoms with van der Waals surface area (Å²) < 4.78 is 23.8. The second-order valence-electron chi connectivity index (χ2n) is 6.19. The normalized spacial score (nSPS) is 10.8. The van der Waals surface area contributed by atoms with Crippen LogP contribution in [0.5, 0.6) is 17.2 Å². The van der Waals surface area contributed by atoms with Crippen LogP contribution in [0.2, 0.25) is 0 Å². The van der Waals surface area contributed by atoms with Crippen LogP contribution >= 0.6 is 11.8 Å². The molecule has 154 valence electrons. The highest BCUT2D eigenvalue weighted by Crippen LogP contribution is 2.41. The van der Waals surface area contributed by atoms with Crippen LogP contribution in [0.25, 0.3) is 17.1 Å². The van der Waals surface area contributed by atoms with Crippen LogP contribution in [0.3, 0.4) is 0 Å². The number of thioether (sulfide) groups is 1. The predicted octanol–water partition coefficient (Wildman–Crippen LogP) is 4.24. The third kappa shape index (κ3) is 4.11. The molecule has 0 aliphatic carbocycles. The lowest BCUT2D eigenvalue weighted by Gasteiger charge is -2.12. The molecule has 0 saturated carbocycles. The summed E-state index contributed by atoms with van der Waals surface area (Å²) in [7, 11) is 4.69. The summed E-state index contributed by atoms with van der Waals surface area (Å²) in [6.45, 7) is 0. The van der Waals surface area contributed by atoms with Gasteiger partial charge in [-0.05, 0) is 35.9 Å². The molecule has 30 heavy (non-hydrogen) atoms.